The van der Waals surface area contributed by atoms with E-state index in [1.54, 1.807) is 11.8 Å². The zero-order valence-electron chi connectivity index (χ0n) is 18.3. The van der Waals surface area contributed by atoms with Gasteiger partial charge in [-0.15, -0.1) is 0 Å². The Hall–Kier alpha value is -2.99. The number of aryl methyl sites for hydroxylation is 1. The van der Waals surface area contributed by atoms with Crippen molar-refractivity contribution < 1.29 is 14.3 Å². The number of nitrogens with zero attached hydrogens (tertiary/aromatic N) is 3. The summed E-state index contributed by atoms with van der Waals surface area (Å²) in [5, 5.41) is 5.40. The first-order chi connectivity index (χ1) is 15.5. The van der Waals surface area contributed by atoms with Gasteiger partial charge in [-0.2, -0.15) is 5.10 Å². The topological polar surface area (TPSA) is 56.6 Å². The summed E-state index contributed by atoms with van der Waals surface area (Å²) in [5.74, 6) is 2.47. The molecule has 1 amide bonds. The molecule has 32 heavy (non-hydrogen) atoms. The van der Waals surface area contributed by atoms with Crippen LogP contribution in [-0.2, 0) is 11.3 Å². The second-order valence-electron chi connectivity index (χ2n) is 8.51. The van der Waals surface area contributed by atoms with Gasteiger partial charge in [0.05, 0.1) is 30.6 Å². The first-order valence-corrected chi connectivity index (χ1v) is 11.4. The summed E-state index contributed by atoms with van der Waals surface area (Å²) in [6.45, 7) is 2.46. The Balaban J connectivity index is 1.54. The monoisotopic (exact) mass is 451 g/mol. The molecular formula is C25H26ClN3O3. The summed E-state index contributed by atoms with van der Waals surface area (Å²) in [6.07, 6.45) is 4.12. The van der Waals surface area contributed by atoms with Crippen LogP contribution in [0.5, 0.6) is 17.4 Å². The number of ether oxygens (including phenoxy) is 2. The van der Waals surface area contributed by atoms with Crippen LogP contribution in [0.2, 0.25) is 5.02 Å². The quantitative estimate of drug-likeness (QED) is 0.451. The Morgan fingerprint density at radius 2 is 1.84 bits per heavy atom. The van der Waals surface area contributed by atoms with Crippen molar-refractivity contribution in [3.8, 4) is 23.1 Å². The Kier molecular flexibility index (Phi) is 5.55. The number of hydrogen-bond acceptors (Lipinski definition) is 4. The second kappa shape index (κ2) is 8.51. The van der Waals surface area contributed by atoms with Crippen LogP contribution >= 0.6 is 11.6 Å². The van der Waals surface area contributed by atoms with Gasteiger partial charge in [-0.1, -0.05) is 17.7 Å². The van der Waals surface area contributed by atoms with Gasteiger partial charge in [-0.3, -0.25) is 4.79 Å². The molecule has 0 aliphatic heterocycles. The molecule has 2 fully saturated rings. The lowest BCUT2D eigenvalue weighted by Gasteiger charge is -2.23. The molecule has 0 saturated heterocycles. The van der Waals surface area contributed by atoms with E-state index in [4.69, 9.17) is 26.2 Å². The van der Waals surface area contributed by atoms with Crippen LogP contribution in [0.4, 0.5) is 0 Å². The fourth-order valence-electron chi connectivity index (χ4n) is 3.87. The normalized spacial score (nSPS) is 15.5. The number of halogens is 1. The summed E-state index contributed by atoms with van der Waals surface area (Å²) in [4.78, 5) is 15.0. The van der Waals surface area contributed by atoms with Crippen LogP contribution in [0.15, 0.2) is 48.5 Å². The lowest BCUT2D eigenvalue weighted by atomic mass is 10.2. The van der Waals surface area contributed by atoms with Crippen LogP contribution in [0.3, 0.4) is 0 Å². The molecule has 2 aromatic carbocycles. The number of amides is 1. The van der Waals surface area contributed by atoms with Crippen molar-refractivity contribution in [3.05, 3.63) is 64.8 Å². The van der Waals surface area contributed by atoms with Gasteiger partial charge in [0.25, 0.3) is 0 Å². The predicted molar refractivity (Wildman–Crippen MR) is 123 cm³/mol. The fraction of sp³-hybridized carbons (Fsp3) is 0.360. The Morgan fingerprint density at radius 3 is 2.47 bits per heavy atom. The van der Waals surface area contributed by atoms with E-state index in [2.05, 4.69) is 0 Å². The predicted octanol–water partition coefficient (Wildman–Crippen LogP) is 5.54. The molecule has 1 heterocycles. The molecule has 2 aliphatic rings. The Bertz CT molecular complexity index is 1130. The Morgan fingerprint density at radius 1 is 1.12 bits per heavy atom. The lowest BCUT2D eigenvalue weighted by molar-refractivity contribution is -0.133. The van der Waals surface area contributed by atoms with Crippen LogP contribution in [0, 0.1) is 12.8 Å². The van der Waals surface area contributed by atoms with E-state index in [0.29, 0.717) is 29.2 Å². The first-order valence-electron chi connectivity index (χ1n) is 11.0. The molecule has 0 spiro atoms. The second-order valence-corrected chi connectivity index (χ2v) is 8.95. The van der Waals surface area contributed by atoms with Crippen molar-refractivity contribution >= 4 is 17.5 Å². The smallest absolute Gasteiger partial charge is 0.227 e. The highest BCUT2D eigenvalue weighted by Crippen LogP contribution is 2.39. The van der Waals surface area contributed by atoms with Gasteiger partial charge in [0.1, 0.15) is 11.5 Å². The van der Waals surface area contributed by atoms with E-state index in [0.717, 1.165) is 48.4 Å². The molecule has 0 unspecified atom stereocenters. The SMILES string of the molecule is COc1ccc(Oc2c(CN(C(=O)C3CC3)C3CC3)c(C)nn2-c2cccc(Cl)c2)cc1. The maximum absolute atomic E-state index is 13.0. The van der Waals surface area contributed by atoms with E-state index in [9.17, 15) is 4.79 Å². The number of carbonyl (C=O) groups excluding carboxylic acids is 1. The van der Waals surface area contributed by atoms with Crippen molar-refractivity contribution in [1.82, 2.24) is 14.7 Å². The Labute approximate surface area is 192 Å². The first kappa shape index (κ1) is 20.9. The summed E-state index contributed by atoms with van der Waals surface area (Å²) in [7, 11) is 1.63. The molecule has 2 saturated carbocycles. The number of hydrogen-bond donors (Lipinski definition) is 0. The molecule has 0 atom stereocenters. The van der Waals surface area contributed by atoms with E-state index < -0.39 is 0 Å². The van der Waals surface area contributed by atoms with Gasteiger partial charge < -0.3 is 14.4 Å². The maximum atomic E-state index is 13.0. The zero-order valence-corrected chi connectivity index (χ0v) is 19.0. The molecular weight excluding hydrogens is 426 g/mol. The molecule has 0 radical (unpaired) electrons. The van der Waals surface area contributed by atoms with Crippen molar-refractivity contribution in [1.29, 1.82) is 0 Å². The van der Waals surface area contributed by atoms with Crippen molar-refractivity contribution in [2.24, 2.45) is 5.92 Å². The molecule has 5 rings (SSSR count). The van der Waals surface area contributed by atoms with Crippen molar-refractivity contribution in [3.63, 3.8) is 0 Å². The standard InChI is InChI=1S/C25H26ClN3O3/c1-16-23(15-28(19-8-9-19)24(30)17-6-7-17)25(32-22-12-10-21(31-2)11-13-22)29(27-16)20-5-3-4-18(26)14-20/h3-5,10-14,17,19H,6-9,15H2,1-2H3. The molecule has 0 N–H and O–H groups in total. The average molecular weight is 452 g/mol. The number of carbonyl (C=O) groups is 1. The van der Waals surface area contributed by atoms with Crippen LogP contribution in [0.25, 0.3) is 5.69 Å². The van der Waals surface area contributed by atoms with Gasteiger partial charge in [-0.05, 0) is 75.1 Å². The van der Waals surface area contributed by atoms with E-state index >= 15 is 0 Å². The van der Waals surface area contributed by atoms with E-state index in [1.807, 2.05) is 60.4 Å². The van der Waals surface area contributed by atoms with Gasteiger partial charge in [0, 0.05) is 17.0 Å². The molecule has 2 aliphatic carbocycles. The van der Waals surface area contributed by atoms with Gasteiger partial charge in [-0.25, -0.2) is 4.68 Å². The minimum absolute atomic E-state index is 0.185. The van der Waals surface area contributed by atoms with E-state index in [-0.39, 0.29) is 11.8 Å². The molecule has 166 valence electrons. The summed E-state index contributed by atoms with van der Waals surface area (Å²) < 4.78 is 13.4. The third-order valence-corrected chi connectivity index (χ3v) is 6.22. The third-order valence-electron chi connectivity index (χ3n) is 5.99. The molecule has 1 aromatic heterocycles. The number of aromatic nitrogens is 2. The van der Waals surface area contributed by atoms with Crippen LogP contribution in [-0.4, -0.2) is 33.7 Å². The fourth-order valence-corrected chi connectivity index (χ4v) is 4.06. The van der Waals surface area contributed by atoms with Gasteiger partial charge in [0.15, 0.2) is 0 Å². The summed E-state index contributed by atoms with van der Waals surface area (Å²) >= 11 is 6.26. The minimum atomic E-state index is 0.185. The van der Waals surface area contributed by atoms with Crippen molar-refractivity contribution in [2.45, 2.75) is 45.2 Å². The minimum Gasteiger partial charge on any atom is -0.497 e. The van der Waals surface area contributed by atoms with E-state index in [1.165, 1.54) is 0 Å². The number of benzene rings is 2. The van der Waals surface area contributed by atoms with Crippen molar-refractivity contribution in [2.75, 3.05) is 7.11 Å². The summed E-state index contributed by atoms with van der Waals surface area (Å²) in [6, 6.07) is 15.3. The highest BCUT2D eigenvalue weighted by Gasteiger charge is 2.41. The lowest BCUT2D eigenvalue weighted by Crippen LogP contribution is -2.34. The molecule has 7 heteroatoms. The van der Waals surface area contributed by atoms with Crippen LogP contribution < -0.4 is 9.47 Å². The largest absolute Gasteiger partial charge is 0.497 e. The molecule has 3 aromatic rings. The molecule has 0 bridgehead atoms. The highest BCUT2D eigenvalue weighted by molar-refractivity contribution is 6.30. The van der Waals surface area contributed by atoms with Crippen LogP contribution in [0.1, 0.15) is 36.9 Å². The maximum Gasteiger partial charge on any atom is 0.227 e. The third kappa shape index (κ3) is 4.32. The number of rotatable bonds is 8. The van der Waals surface area contributed by atoms with Gasteiger partial charge >= 0.3 is 0 Å². The van der Waals surface area contributed by atoms with Gasteiger partial charge in [0.2, 0.25) is 11.8 Å². The molecule has 6 nitrogen and oxygen atoms in total. The average Bonchev–Trinajstić information content (AvgIpc) is 3.71. The summed E-state index contributed by atoms with van der Waals surface area (Å²) in [5.41, 5.74) is 2.56. The number of methoxy groups -OCH3 is 1. The zero-order chi connectivity index (χ0) is 22.2. The highest BCUT2D eigenvalue weighted by atomic mass is 35.5.